The van der Waals surface area contributed by atoms with E-state index in [1.807, 2.05) is 97.9 Å². The Morgan fingerprint density at radius 3 is 1.03 bits per heavy atom. The Morgan fingerprint density at radius 1 is 0.469 bits per heavy atom. The van der Waals surface area contributed by atoms with Crippen LogP contribution in [-0.2, 0) is 14.2 Å². The van der Waals surface area contributed by atoms with Crippen molar-refractivity contribution in [2.75, 3.05) is 40.2 Å². The van der Waals surface area contributed by atoms with Crippen LogP contribution in [0.25, 0.3) is 0 Å². The standard InChI is InChI=1S/C26H30O6/c1-26(17-27-20-30-23-11-5-2-6-12-23,18-28-21-31-24-13-7-3-8-14-24)19-29-22-32-25-15-9-4-10-16-25/h2-16H,17-22H2,1H3. The van der Waals surface area contributed by atoms with Crippen LogP contribution in [0.3, 0.4) is 0 Å². The zero-order valence-electron chi connectivity index (χ0n) is 18.4. The molecule has 170 valence electrons. The van der Waals surface area contributed by atoms with Crippen LogP contribution in [0.15, 0.2) is 91.0 Å². The summed E-state index contributed by atoms with van der Waals surface area (Å²) in [6, 6.07) is 28.6. The maximum atomic E-state index is 5.77. The van der Waals surface area contributed by atoms with Gasteiger partial charge < -0.3 is 28.4 Å². The highest BCUT2D eigenvalue weighted by atomic mass is 16.7. The molecule has 0 saturated heterocycles. The highest BCUT2D eigenvalue weighted by molar-refractivity contribution is 5.21. The van der Waals surface area contributed by atoms with Gasteiger partial charge in [0.15, 0.2) is 20.4 Å². The number of hydrogen-bond donors (Lipinski definition) is 0. The van der Waals surface area contributed by atoms with E-state index in [0.717, 1.165) is 17.2 Å². The number of benzene rings is 3. The van der Waals surface area contributed by atoms with Crippen molar-refractivity contribution >= 4 is 0 Å². The summed E-state index contributed by atoms with van der Waals surface area (Å²) in [5.41, 5.74) is -0.417. The molecule has 6 heteroatoms. The first-order chi connectivity index (χ1) is 15.7. The number of ether oxygens (including phenoxy) is 6. The van der Waals surface area contributed by atoms with E-state index >= 15 is 0 Å². The van der Waals surface area contributed by atoms with E-state index in [2.05, 4.69) is 0 Å². The van der Waals surface area contributed by atoms with Crippen molar-refractivity contribution in [1.82, 2.24) is 0 Å². The van der Waals surface area contributed by atoms with Gasteiger partial charge in [-0.05, 0) is 36.4 Å². The van der Waals surface area contributed by atoms with Crippen molar-refractivity contribution in [2.45, 2.75) is 6.92 Å². The van der Waals surface area contributed by atoms with E-state index in [4.69, 9.17) is 28.4 Å². The normalized spacial score (nSPS) is 11.2. The Morgan fingerprint density at radius 2 is 0.750 bits per heavy atom. The lowest BCUT2D eigenvalue weighted by Crippen LogP contribution is -2.35. The van der Waals surface area contributed by atoms with Crippen LogP contribution in [0.4, 0.5) is 0 Å². The maximum absolute atomic E-state index is 5.77. The molecule has 0 heterocycles. The summed E-state index contributed by atoms with van der Waals surface area (Å²) in [4.78, 5) is 0. The zero-order valence-corrected chi connectivity index (χ0v) is 18.4. The Bertz CT molecular complexity index is 742. The fourth-order valence-electron chi connectivity index (χ4n) is 2.87. The molecule has 3 aromatic rings. The minimum atomic E-state index is -0.417. The Kier molecular flexibility index (Phi) is 9.86. The van der Waals surface area contributed by atoms with Gasteiger partial charge in [0.1, 0.15) is 17.2 Å². The van der Waals surface area contributed by atoms with Gasteiger partial charge in [-0.3, -0.25) is 0 Å². The first kappa shape index (κ1) is 23.6. The second-order valence-electron chi connectivity index (χ2n) is 7.58. The monoisotopic (exact) mass is 438 g/mol. The number of rotatable bonds is 15. The first-order valence-electron chi connectivity index (χ1n) is 10.5. The first-order valence-corrected chi connectivity index (χ1v) is 10.5. The van der Waals surface area contributed by atoms with Crippen LogP contribution in [-0.4, -0.2) is 40.2 Å². The zero-order chi connectivity index (χ0) is 22.3. The number of para-hydroxylation sites is 3. The minimum Gasteiger partial charge on any atom is -0.468 e. The maximum Gasteiger partial charge on any atom is 0.189 e. The fourth-order valence-corrected chi connectivity index (χ4v) is 2.87. The molecular weight excluding hydrogens is 408 g/mol. The molecule has 3 aromatic carbocycles. The molecule has 3 rings (SSSR count). The predicted molar refractivity (Wildman–Crippen MR) is 122 cm³/mol. The molecule has 0 saturated carbocycles. The predicted octanol–water partition coefficient (Wildman–Crippen LogP) is 5.15. The number of hydrogen-bond acceptors (Lipinski definition) is 6. The average molecular weight is 439 g/mol. The van der Waals surface area contributed by atoms with Crippen LogP contribution in [0, 0.1) is 5.41 Å². The van der Waals surface area contributed by atoms with Gasteiger partial charge in [-0.1, -0.05) is 61.5 Å². The molecule has 32 heavy (non-hydrogen) atoms. The molecule has 0 unspecified atom stereocenters. The van der Waals surface area contributed by atoms with Crippen molar-refractivity contribution in [1.29, 1.82) is 0 Å². The summed E-state index contributed by atoms with van der Waals surface area (Å²) in [7, 11) is 0. The van der Waals surface area contributed by atoms with Gasteiger partial charge in [-0.15, -0.1) is 0 Å². The van der Waals surface area contributed by atoms with Crippen LogP contribution in [0.1, 0.15) is 6.92 Å². The molecular formula is C26H30O6. The lowest BCUT2D eigenvalue weighted by molar-refractivity contribution is -0.116. The van der Waals surface area contributed by atoms with Crippen molar-refractivity contribution in [3.63, 3.8) is 0 Å². The van der Waals surface area contributed by atoms with E-state index < -0.39 is 5.41 Å². The van der Waals surface area contributed by atoms with Gasteiger partial charge in [0, 0.05) is 5.41 Å². The molecule has 0 bridgehead atoms. The van der Waals surface area contributed by atoms with E-state index in [1.54, 1.807) is 0 Å². The van der Waals surface area contributed by atoms with Crippen molar-refractivity contribution in [3.05, 3.63) is 91.0 Å². The summed E-state index contributed by atoms with van der Waals surface area (Å²) in [6.45, 7) is 3.60. The summed E-state index contributed by atoms with van der Waals surface area (Å²) < 4.78 is 34.2. The molecule has 0 aliphatic heterocycles. The average Bonchev–Trinajstić information content (AvgIpc) is 2.85. The minimum absolute atomic E-state index is 0.140. The lowest BCUT2D eigenvalue weighted by Gasteiger charge is -2.28. The summed E-state index contributed by atoms with van der Waals surface area (Å²) in [5, 5.41) is 0. The van der Waals surface area contributed by atoms with Crippen molar-refractivity contribution < 1.29 is 28.4 Å². The van der Waals surface area contributed by atoms with Gasteiger partial charge >= 0.3 is 0 Å². The van der Waals surface area contributed by atoms with Crippen LogP contribution < -0.4 is 14.2 Å². The highest BCUT2D eigenvalue weighted by Gasteiger charge is 2.26. The molecule has 0 radical (unpaired) electrons. The third kappa shape index (κ3) is 8.98. The smallest absolute Gasteiger partial charge is 0.189 e. The van der Waals surface area contributed by atoms with Gasteiger partial charge in [0.25, 0.3) is 0 Å². The third-order valence-corrected chi connectivity index (χ3v) is 4.51. The Hall–Kier alpha value is -3.06. The van der Waals surface area contributed by atoms with E-state index in [1.165, 1.54) is 0 Å². The summed E-state index contributed by atoms with van der Waals surface area (Å²) in [5.74, 6) is 2.28. The molecule has 0 N–H and O–H groups in total. The Labute approximate surface area is 189 Å². The largest absolute Gasteiger partial charge is 0.468 e. The van der Waals surface area contributed by atoms with Crippen molar-refractivity contribution in [2.24, 2.45) is 5.41 Å². The van der Waals surface area contributed by atoms with Crippen LogP contribution in [0.5, 0.6) is 17.2 Å². The molecule has 0 aliphatic carbocycles. The van der Waals surface area contributed by atoms with E-state index in [0.29, 0.717) is 19.8 Å². The highest BCUT2D eigenvalue weighted by Crippen LogP contribution is 2.20. The molecule has 0 aromatic heterocycles. The Balaban J connectivity index is 1.42. The molecule has 0 atom stereocenters. The molecule has 0 spiro atoms. The van der Waals surface area contributed by atoms with Gasteiger partial charge in [0.05, 0.1) is 19.8 Å². The second kappa shape index (κ2) is 13.4. The fraction of sp³-hybridized carbons (Fsp3) is 0.308. The molecule has 0 aliphatic rings. The molecule has 0 amide bonds. The lowest BCUT2D eigenvalue weighted by atomic mass is 9.94. The summed E-state index contributed by atoms with van der Waals surface area (Å²) >= 11 is 0. The van der Waals surface area contributed by atoms with E-state index in [9.17, 15) is 0 Å². The van der Waals surface area contributed by atoms with Crippen LogP contribution >= 0.6 is 0 Å². The third-order valence-electron chi connectivity index (χ3n) is 4.51. The van der Waals surface area contributed by atoms with Gasteiger partial charge in [0.2, 0.25) is 0 Å². The van der Waals surface area contributed by atoms with Crippen molar-refractivity contribution in [3.8, 4) is 17.2 Å². The topological polar surface area (TPSA) is 55.4 Å². The van der Waals surface area contributed by atoms with Gasteiger partial charge in [-0.2, -0.15) is 0 Å². The quantitative estimate of drug-likeness (QED) is 0.242. The van der Waals surface area contributed by atoms with Crippen LogP contribution in [0.2, 0.25) is 0 Å². The second-order valence-corrected chi connectivity index (χ2v) is 7.58. The summed E-state index contributed by atoms with van der Waals surface area (Å²) in [6.07, 6.45) is 0. The SMILES string of the molecule is CC(COCOc1ccccc1)(COCOc1ccccc1)COCOc1ccccc1. The molecule has 0 fully saturated rings. The molecule has 6 nitrogen and oxygen atoms in total. The van der Waals surface area contributed by atoms with Gasteiger partial charge in [-0.25, -0.2) is 0 Å². The van der Waals surface area contributed by atoms with E-state index in [-0.39, 0.29) is 20.4 Å².